The summed E-state index contributed by atoms with van der Waals surface area (Å²) in [5, 5.41) is 3.72. The van der Waals surface area contributed by atoms with Crippen LogP contribution in [0.25, 0.3) is 0 Å². The predicted octanol–water partition coefficient (Wildman–Crippen LogP) is 3.90. The summed E-state index contributed by atoms with van der Waals surface area (Å²) in [5.74, 6) is 0. The molecule has 2 heteroatoms. The van der Waals surface area contributed by atoms with Crippen LogP contribution in [0, 0.1) is 12.3 Å². The van der Waals surface area contributed by atoms with E-state index in [1.165, 1.54) is 22.6 Å². The first-order valence-electron chi connectivity index (χ1n) is 5.84. The van der Waals surface area contributed by atoms with Gasteiger partial charge >= 0.3 is 0 Å². The smallest absolute Gasteiger partial charge is 0.0388 e. The molecular formula is C13H21NS. The Labute approximate surface area is 96.9 Å². The van der Waals surface area contributed by atoms with E-state index in [1.54, 1.807) is 0 Å². The van der Waals surface area contributed by atoms with E-state index >= 15 is 0 Å². The lowest BCUT2D eigenvalue weighted by atomic mass is 10.00. The number of hydrogen-bond donors (Lipinski definition) is 1. The van der Waals surface area contributed by atoms with E-state index < -0.39 is 0 Å². The van der Waals surface area contributed by atoms with Crippen molar-refractivity contribution in [3.63, 3.8) is 0 Å². The van der Waals surface area contributed by atoms with Crippen molar-refractivity contribution in [1.29, 1.82) is 0 Å². The monoisotopic (exact) mass is 223 g/mol. The van der Waals surface area contributed by atoms with Gasteiger partial charge < -0.3 is 5.32 Å². The van der Waals surface area contributed by atoms with Crippen molar-refractivity contribution < 1.29 is 0 Å². The van der Waals surface area contributed by atoms with Gasteiger partial charge in [0.05, 0.1) is 0 Å². The lowest BCUT2D eigenvalue weighted by molar-refractivity contribution is 0.352. The number of aryl methyl sites for hydroxylation is 1. The first-order valence-corrected chi connectivity index (χ1v) is 6.65. The largest absolute Gasteiger partial charge is 0.306 e. The molecule has 1 aliphatic carbocycles. The molecule has 1 heterocycles. The average molecular weight is 223 g/mol. The van der Waals surface area contributed by atoms with Crippen LogP contribution in [0.1, 0.15) is 49.4 Å². The van der Waals surface area contributed by atoms with Gasteiger partial charge in [-0.15, -0.1) is 11.3 Å². The second-order valence-corrected chi connectivity index (χ2v) is 6.53. The van der Waals surface area contributed by atoms with Crippen LogP contribution in [0.3, 0.4) is 0 Å². The second kappa shape index (κ2) is 3.91. The summed E-state index contributed by atoms with van der Waals surface area (Å²) in [6, 6.07) is 5.59. The molecule has 1 fully saturated rings. The molecule has 0 spiro atoms. The predicted molar refractivity (Wildman–Crippen MR) is 67.4 cm³/mol. The Morgan fingerprint density at radius 2 is 2.00 bits per heavy atom. The molecule has 84 valence electrons. The van der Waals surface area contributed by atoms with Gasteiger partial charge in [-0.05, 0) is 51.2 Å². The zero-order chi connectivity index (χ0) is 11.1. The molecule has 0 saturated heterocycles. The maximum Gasteiger partial charge on any atom is 0.0388 e. The van der Waals surface area contributed by atoms with Crippen LogP contribution < -0.4 is 5.32 Å². The molecule has 0 amide bonds. The van der Waals surface area contributed by atoms with E-state index in [4.69, 9.17) is 0 Å². The molecule has 15 heavy (non-hydrogen) atoms. The first kappa shape index (κ1) is 11.2. The lowest BCUT2D eigenvalue weighted by Crippen LogP contribution is -2.34. The molecular weight excluding hydrogens is 202 g/mol. The summed E-state index contributed by atoms with van der Waals surface area (Å²) in [5.41, 5.74) is 0.570. The van der Waals surface area contributed by atoms with Crippen LogP contribution in [0.2, 0.25) is 0 Å². The van der Waals surface area contributed by atoms with Gasteiger partial charge in [-0.25, -0.2) is 0 Å². The fraction of sp³-hybridized carbons (Fsp3) is 0.692. The number of nitrogens with one attached hydrogen (secondary N) is 1. The minimum absolute atomic E-state index is 0.496. The molecule has 2 unspecified atom stereocenters. The molecule has 0 radical (unpaired) electrons. The molecule has 2 atom stereocenters. The van der Waals surface area contributed by atoms with Crippen molar-refractivity contribution >= 4 is 11.3 Å². The minimum Gasteiger partial charge on any atom is -0.306 e. The fourth-order valence-corrected chi connectivity index (χ4v) is 2.86. The fourth-order valence-electron chi connectivity index (χ4n) is 1.97. The molecule has 2 rings (SSSR count). The second-order valence-electron chi connectivity index (χ2n) is 5.21. The minimum atomic E-state index is 0.496. The molecule has 1 aromatic rings. The van der Waals surface area contributed by atoms with E-state index in [2.05, 4.69) is 45.1 Å². The molecule has 0 aromatic carbocycles. The summed E-state index contributed by atoms with van der Waals surface area (Å²) >= 11 is 1.91. The van der Waals surface area contributed by atoms with Gasteiger partial charge in [0.1, 0.15) is 0 Å². The highest BCUT2D eigenvalue weighted by Gasteiger charge is 2.42. The van der Waals surface area contributed by atoms with Crippen molar-refractivity contribution in [1.82, 2.24) is 5.32 Å². The van der Waals surface area contributed by atoms with Gasteiger partial charge in [0, 0.05) is 21.8 Å². The van der Waals surface area contributed by atoms with Gasteiger partial charge in [-0.2, -0.15) is 0 Å². The SMILES string of the molecule is Cc1ccc(C(C)NC(C)C2(C)CC2)s1. The Bertz CT molecular complexity index is 338. The van der Waals surface area contributed by atoms with Crippen LogP contribution in [-0.2, 0) is 0 Å². The highest BCUT2D eigenvalue weighted by Crippen LogP contribution is 2.48. The van der Waals surface area contributed by atoms with E-state index in [0.29, 0.717) is 17.5 Å². The first-order chi connectivity index (χ1) is 7.01. The van der Waals surface area contributed by atoms with Gasteiger partial charge in [-0.3, -0.25) is 0 Å². The quantitative estimate of drug-likeness (QED) is 0.816. The van der Waals surface area contributed by atoms with Crippen molar-refractivity contribution in [2.45, 2.75) is 52.6 Å². The zero-order valence-electron chi connectivity index (χ0n) is 10.1. The van der Waals surface area contributed by atoms with Gasteiger partial charge in [0.2, 0.25) is 0 Å². The summed E-state index contributed by atoms with van der Waals surface area (Å²) in [4.78, 5) is 2.87. The molecule has 0 aliphatic heterocycles. The van der Waals surface area contributed by atoms with Crippen molar-refractivity contribution in [2.75, 3.05) is 0 Å². The third-order valence-electron chi connectivity index (χ3n) is 3.77. The summed E-state index contributed by atoms with van der Waals surface area (Å²) in [6.07, 6.45) is 2.77. The summed E-state index contributed by atoms with van der Waals surface area (Å²) < 4.78 is 0. The number of hydrogen-bond acceptors (Lipinski definition) is 2. The standard InChI is InChI=1S/C13H21NS/c1-9-5-6-12(15-9)10(2)14-11(3)13(4)7-8-13/h5-6,10-11,14H,7-8H2,1-4H3. The number of thiophene rings is 1. The third kappa shape index (κ3) is 2.43. The van der Waals surface area contributed by atoms with Crippen LogP contribution in [0.15, 0.2) is 12.1 Å². The zero-order valence-corrected chi connectivity index (χ0v) is 10.9. The Morgan fingerprint density at radius 3 is 2.47 bits per heavy atom. The van der Waals surface area contributed by atoms with Crippen molar-refractivity contribution in [3.8, 4) is 0 Å². The average Bonchev–Trinajstić information content (AvgIpc) is 2.77. The summed E-state index contributed by atoms with van der Waals surface area (Å²) in [6.45, 7) is 9.15. The van der Waals surface area contributed by atoms with Gasteiger partial charge in [-0.1, -0.05) is 6.92 Å². The van der Waals surface area contributed by atoms with Crippen molar-refractivity contribution in [3.05, 3.63) is 21.9 Å². The Balaban J connectivity index is 1.94. The van der Waals surface area contributed by atoms with E-state index in [-0.39, 0.29) is 0 Å². The Morgan fingerprint density at radius 1 is 1.33 bits per heavy atom. The Kier molecular flexibility index (Phi) is 2.91. The van der Waals surface area contributed by atoms with E-state index in [9.17, 15) is 0 Å². The van der Waals surface area contributed by atoms with Crippen molar-refractivity contribution in [2.24, 2.45) is 5.41 Å². The van der Waals surface area contributed by atoms with Gasteiger partial charge in [0.25, 0.3) is 0 Å². The summed E-state index contributed by atoms with van der Waals surface area (Å²) in [7, 11) is 0. The molecule has 1 aliphatic rings. The molecule has 1 nitrogen and oxygen atoms in total. The van der Waals surface area contributed by atoms with Crippen LogP contribution in [0.4, 0.5) is 0 Å². The maximum absolute atomic E-state index is 3.72. The lowest BCUT2D eigenvalue weighted by Gasteiger charge is -2.24. The van der Waals surface area contributed by atoms with E-state index in [0.717, 1.165) is 0 Å². The topological polar surface area (TPSA) is 12.0 Å². The van der Waals surface area contributed by atoms with Crippen LogP contribution in [0.5, 0.6) is 0 Å². The van der Waals surface area contributed by atoms with Gasteiger partial charge in [0.15, 0.2) is 0 Å². The molecule has 1 aromatic heterocycles. The Hall–Kier alpha value is -0.340. The van der Waals surface area contributed by atoms with Crippen LogP contribution in [-0.4, -0.2) is 6.04 Å². The molecule has 0 bridgehead atoms. The third-order valence-corrected chi connectivity index (χ3v) is 4.96. The highest BCUT2D eigenvalue weighted by molar-refractivity contribution is 7.12. The maximum atomic E-state index is 3.72. The normalized spacial score (nSPS) is 22.4. The highest BCUT2D eigenvalue weighted by atomic mass is 32.1. The number of rotatable bonds is 4. The molecule has 1 N–H and O–H groups in total. The van der Waals surface area contributed by atoms with Crippen LogP contribution >= 0.6 is 11.3 Å². The van der Waals surface area contributed by atoms with E-state index in [1.807, 2.05) is 11.3 Å². The molecule has 1 saturated carbocycles.